The van der Waals surface area contributed by atoms with Crippen LogP contribution in [0.25, 0.3) is 0 Å². The van der Waals surface area contributed by atoms with Crippen molar-refractivity contribution in [3.8, 4) is 0 Å². The zero-order valence-electron chi connectivity index (χ0n) is 12.9. The molecule has 0 saturated heterocycles. The summed E-state index contributed by atoms with van der Waals surface area (Å²) >= 11 is 0. The van der Waals surface area contributed by atoms with Crippen LogP contribution in [0.3, 0.4) is 0 Å². The lowest BCUT2D eigenvalue weighted by molar-refractivity contribution is -0.140. The van der Waals surface area contributed by atoms with Gasteiger partial charge in [0, 0.05) is 19.0 Å². The quantitative estimate of drug-likeness (QED) is 0.814. The average molecular weight is 338 g/mol. The van der Waals surface area contributed by atoms with Crippen molar-refractivity contribution < 1.29 is 18.0 Å². The second-order valence-electron chi connectivity index (χ2n) is 5.82. The highest BCUT2D eigenvalue weighted by Gasteiger charge is 2.36. The molecule has 5 nitrogen and oxygen atoms in total. The number of halogens is 3. The van der Waals surface area contributed by atoms with Crippen molar-refractivity contribution in [2.24, 2.45) is 0 Å². The van der Waals surface area contributed by atoms with Crippen LogP contribution in [0.1, 0.15) is 30.4 Å². The Morgan fingerprint density at radius 1 is 1.29 bits per heavy atom. The number of amides is 1. The number of rotatable bonds is 6. The summed E-state index contributed by atoms with van der Waals surface area (Å²) in [5, 5.41) is 3.92. The summed E-state index contributed by atoms with van der Waals surface area (Å²) in [5.74, 6) is -0.162. The third kappa shape index (κ3) is 3.93. The maximum absolute atomic E-state index is 13.1. The van der Waals surface area contributed by atoms with Gasteiger partial charge in [-0.3, -0.25) is 9.48 Å². The van der Waals surface area contributed by atoms with Crippen molar-refractivity contribution in [1.29, 1.82) is 0 Å². The second kappa shape index (κ2) is 6.62. The first-order chi connectivity index (χ1) is 11.4. The molecular weight excluding hydrogens is 321 g/mol. The Kier molecular flexibility index (Phi) is 4.55. The summed E-state index contributed by atoms with van der Waals surface area (Å²) in [7, 11) is 0. The van der Waals surface area contributed by atoms with Gasteiger partial charge in [0.25, 0.3) is 0 Å². The van der Waals surface area contributed by atoms with Crippen LogP contribution in [0.4, 0.5) is 13.2 Å². The van der Waals surface area contributed by atoms with Crippen LogP contribution < -0.4 is 0 Å². The fraction of sp³-hybridized carbons (Fsp3) is 0.438. The Bertz CT molecular complexity index is 696. The highest BCUT2D eigenvalue weighted by molar-refractivity contribution is 5.76. The van der Waals surface area contributed by atoms with E-state index in [2.05, 4.69) is 10.1 Å². The van der Waals surface area contributed by atoms with Gasteiger partial charge < -0.3 is 4.90 Å². The Labute approximate surface area is 137 Å². The summed E-state index contributed by atoms with van der Waals surface area (Å²) in [5.41, 5.74) is -0.550. The van der Waals surface area contributed by atoms with Gasteiger partial charge in [0.2, 0.25) is 5.91 Å². The molecular formula is C16H17F3N4O. The molecule has 0 unspecified atom stereocenters. The summed E-state index contributed by atoms with van der Waals surface area (Å²) in [6, 6.07) is 5.45. The smallest absolute Gasteiger partial charge is 0.335 e. The fourth-order valence-electron chi connectivity index (χ4n) is 2.63. The lowest BCUT2D eigenvalue weighted by atomic mass is 10.1. The minimum absolute atomic E-state index is 0.0173. The largest absolute Gasteiger partial charge is 0.416 e. The number of carbonyl (C=O) groups excluding carboxylic acids is 1. The summed E-state index contributed by atoms with van der Waals surface area (Å²) < 4.78 is 40.9. The lowest BCUT2D eigenvalue weighted by Crippen LogP contribution is -2.34. The molecule has 1 saturated carbocycles. The molecule has 3 rings (SSSR count). The van der Waals surface area contributed by atoms with Crippen LogP contribution in [0.5, 0.6) is 0 Å². The molecule has 2 aromatic rings. The van der Waals surface area contributed by atoms with Gasteiger partial charge in [-0.1, -0.05) is 18.2 Å². The van der Waals surface area contributed by atoms with Crippen LogP contribution in [0.2, 0.25) is 0 Å². The summed E-state index contributed by atoms with van der Waals surface area (Å²) in [4.78, 5) is 17.8. The van der Waals surface area contributed by atoms with Gasteiger partial charge in [0.15, 0.2) is 0 Å². The van der Waals surface area contributed by atoms with E-state index in [1.165, 1.54) is 29.5 Å². The molecule has 1 fully saturated rings. The number of alkyl halides is 3. The summed E-state index contributed by atoms with van der Waals surface area (Å²) in [6.07, 6.45) is 0.326. The number of carbonyl (C=O) groups is 1. The molecule has 128 valence electrons. The molecule has 0 N–H and O–H groups in total. The van der Waals surface area contributed by atoms with Crippen LogP contribution in [0, 0.1) is 0 Å². The SMILES string of the molecule is O=C(CCn1cncn1)N(Cc1ccccc1C(F)(F)F)C1CC1. The van der Waals surface area contributed by atoms with Crippen molar-refractivity contribution in [3.05, 3.63) is 48.0 Å². The number of aromatic nitrogens is 3. The van der Waals surface area contributed by atoms with Crippen molar-refractivity contribution in [2.45, 2.75) is 44.6 Å². The number of aryl methyl sites for hydroxylation is 1. The maximum atomic E-state index is 13.1. The van der Waals surface area contributed by atoms with Crippen LogP contribution in [-0.2, 0) is 24.1 Å². The third-order valence-electron chi connectivity index (χ3n) is 3.99. The minimum atomic E-state index is -4.42. The average Bonchev–Trinajstić information content (AvgIpc) is 3.25. The van der Waals surface area contributed by atoms with E-state index < -0.39 is 11.7 Å². The van der Waals surface area contributed by atoms with E-state index in [0.29, 0.717) is 6.54 Å². The van der Waals surface area contributed by atoms with Gasteiger partial charge in [-0.05, 0) is 24.5 Å². The first kappa shape index (κ1) is 16.5. The lowest BCUT2D eigenvalue weighted by Gasteiger charge is -2.24. The Balaban J connectivity index is 1.72. The van der Waals surface area contributed by atoms with Crippen molar-refractivity contribution in [3.63, 3.8) is 0 Å². The van der Waals surface area contributed by atoms with Gasteiger partial charge in [-0.2, -0.15) is 18.3 Å². The number of nitrogens with zero attached hydrogens (tertiary/aromatic N) is 4. The molecule has 0 aliphatic heterocycles. The first-order valence-corrected chi connectivity index (χ1v) is 7.72. The van der Waals surface area contributed by atoms with Crippen molar-refractivity contribution in [2.75, 3.05) is 0 Å². The second-order valence-corrected chi connectivity index (χ2v) is 5.82. The molecule has 1 aromatic carbocycles. The topological polar surface area (TPSA) is 51.0 Å². The van der Waals surface area contributed by atoms with Crippen molar-refractivity contribution >= 4 is 5.91 Å². The number of hydrogen-bond donors (Lipinski definition) is 0. The number of hydrogen-bond acceptors (Lipinski definition) is 3. The normalized spacial score (nSPS) is 14.6. The van der Waals surface area contributed by atoms with Crippen molar-refractivity contribution in [1.82, 2.24) is 19.7 Å². The molecule has 0 spiro atoms. The third-order valence-corrected chi connectivity index (χ3v) is 3.99. The monoisotopic (exact) mass is 338 g/mol. The molecule has 1 aromatic heterocycles. The Morgan fingerprint density at radius 3 is 2.67 bits per heavy atom. The summed E-state index contributed by atoms with van der Waals surface area (Å²) in [6.45, 7) is 0.347. The predicted molar refractivity (Wildman–Crippen MR) is 79.7 cm³/mol. The highest BCUT2D eigenvalue weighted by Crippen LogP contribution is 2.35. The predicted octanol–water partition coefficient (Wildman–Crippen LogP) is 2.88. The van der Waals surface area contributed by atoms with E-state index >= 15 is 0 Å². The molecule has 0 radical (unpaired) electrons. The Morgan fingerprint density at radius 2 is 2.04 bits per heavy atom. The Hall–Kier alpha value is -2.38. The zero-order valence-corrected chi connectivity index (χ0v) is 12.9. The van der Waals surface area contributed by atoms with Gasteiger partial charge >= 0.3 is 6.18 Å². The van der Waals surface area contributed by atoms with E-state index in [0.717, 1.165) is 18.9 Å². The number of benzene rings is 1. The highest BCUT2D eigenvalue weighted by atomic mass is 19.4. The molecule has 24 heavy (non-hydrogen) atoms. The standard InChI is InChI=1S/C16H17F3N4O/c17-16(18,19)14-4-2-1-3-12(14)9-23(13-5-6-13)15(24)7-8-22-11-20-10-21-22/h1-4,10-11,13H,5-9H2. The van der Waals surface area contributed by atoms with E-state index in [-0.39, 0.29) is 30.5 Å². The fourth-order valence-corrected chi connectivity index (χ4v) is 2.63. The minimum Gasteiger partial charge on any atom is -0.335 e. The zero-order chi connectivity index (χ0) is 17.2. The van der Waals surface area contributed by atoms with E-state index in [1.807, 2.05) is 0 Å². The van der Waals surface area contributed by atoms with Crippen LogP contribution in [0.15, 0.2) is 36.9 Å². The molecule has 1 aliphatic carbocycles. The van der Waals surface area contributed by atoms with Gasteiger partial charge in [-0.15, -0.1) is 0 Å². The van der Waals surface area contributed by atoms with Gasteiger partial charge in [-0.25, -0.2) is 4.98 Å². The molecule has 1 heterocycles. The molecule has 1 aliphatic rings. The van der Waals surface area contributed by atoms with Gasteiger partial charge in [0.05, 0.1) is 12.1 Å². The molecule has 1 amide bonds. The molecule has 8 heteroatoms. The van der Waals surface area contributed by atoms with E-state index in [4.69, 9.17) is 0 Å². The molecule has 0 bridgehead atoms. The van der Waals surface area contributed by atoms with Crippen LogP contribution in [-0.4, -0.2) is 31.6 Å². The van der Waals surface area contributed by atoms with Crippen LogP contribution >= 0.6 is 0 Å². The molecule has 0 atom stereocenters. The van der Waals surface area contributed by atoms with Gasteiger partial charge in [0.1, 0.15) is 12.7 Å². The first-order valence-electron chi connectivity index (χ1n) is 7.72. The maximum Gasteiger partial charge on any atom is 0.416 e. The van der Waals surface area contributed by atoms with E-state index in [9.17, 15) is 18.0 Å². The van der Waals surface area contributed by atoms with E-state index in [1.54, 1.807) is 11.0 Å².